The zero-order chi connectivity index (χ0) is 13.7. The second-order valence-electron chi connectivity index (χ2n) is 4.13. The average Bonchev–Trinajstić information content (AvgIpc) is 2.44. The Labute approximate surface area is 111 Å². The van der Waals surface area contributed by atoms with Gasteiger partial charge in [-0.25, -0.2) is 0 Å². The lowest BCUT2D eigenvalue weighted by Crippen LogP contribution is -2.45. The summed E-state index contributed by atoms with van der Waals surface area (Å²) in [7, 11) is 2.93. The van der Waals surface area contributed by atoms with Crippen LogP contribution in [-0.4, -0.2) is 61.1 Å². The van der Waals surface area contributed by atoms with Gasteiger partial charge in [0.2, 0.25) is 0 Å². The number of methoxy groups -OCH3 is 2. The molecule has 2 unspecified atom stereocenters. The van der Waals surface area contributed by atoms with Crippen molar-refractivity contribution >= 4 is 0 Å². The Morgan fingerprint density at radius 3 is 2.32 bits per heavy atom. The minimum atomic E-state index is -0.0301. The van der Waals surface area contributed by atoms with E-state index in [2.05, 4.69) is 20.3 Å². The monoisotopic (exact) mass is 270 g/mol. The highest BCUT2D eigenvalue weighted by Gasteiger charge is 2.20. The molecule has 0 radical (unpaired) electrons. The van der Waals surface area contributed by atoms with E-state index in [1.807, 2.05) is 6.92 Å². The first-order valence-corrected chi connectivity index (χ1v) is 6.04. The second kappa shape index (κ2) is 6.48. The predicted octanol–water partition coefficient (Wildman–Crippen LogP) is -0.355. The van der Waals surface area contributed by atoms with E-state index >= 15 is 0 Å². The van der Waals surface area contributed by atoms with Gasteiger partial charge in [-0.1, -0.05) is 0 Å². The maximum absolute atomic E-state index is 5.70. The van der Waals surface area contributed by atoms with E-state index in [1.54, 1.807) is 0 Å². The summed E-state index contributed by atoms with van der Waals surface area (Å²) >= 11 is 0. The molecule has 1 aliphatic heterocycles. The lowest BCUT2D eigenvalue weighted by atomic mass is 10.2. The average molecular weight is 270 g/mol. The molecule has 1 aromatic heterocycles. The molecule has 0 amide bonds. The van der Waals surface area contributed by atoms with Crippen LogP contribution in [0.4, 0.5) is 0 Å². The molecular weight excluding hydrogens is 252 g/mol. The number of morpholine rings is 1. The molecule has 0 saturated carbocycles. The van der Waals surface area contributed by atoms with Crippen LogP contribution in [0.3, 0.4) is 0 Å². The van der Waals surface area contributed by atoms with E-state index in [1.165, 1.54) is 14.2 Å². The quantitative estimate of drug-likeness (QED) is 0.776. The highest BCUT2D eigenvalue weighted by Crippen LogP contribution is 2.14. The summed E-state index contributed by atoms with van der Waals surface area (Å²) in [5, 5.41) is 3.26. The summed E-state index contributed by atoms with van der Waals surface area (Å²) in [5.41, 5.74) is 0. The van der Waals surface area contributed by atoms with Crippen molar-refractivity contribution in [2.24, 2.45) is 0 Å². The van der Waals surface area contributed by atoms with Crippen LogP contribution < -0.4 is 19.5 Å². The molecule has 0 aliphatic carbocycles. The van der Waals surface area contributed by atoms with Gasteiger partial charge in [0.15, 0.2) is 0 Å². The summed E-state index contributed by atoms with van der Waals surface area (Å²) in [6.07, 6.45) is 0.141. The van der Waals surface area contributed by atoms with E-state index in [9.17, 15) is 0 Å². The first-order chi connectivity index (χ1) is 9.21. The van der Waals surface area contributed by atoms with Gasteiger partial charge < -0.3 is 24.3 Å². The molecule has 2 atom stereocenters. The third-order valence-electron chi connectivity index (χ3n) is 2.57. The number of nitrogens with one attached hydrogen (secondary N) is 1. The fraction of sp³-hybridized carbons (Fsp3) is 0.727. The van der Waals surface area contributed by atoms with Gasteiger partial charge in [0.05, 0.1) is 20.3 Å². The Kier molecular flexibility index (Phi) is 4.69. The molecule has 1 aliphatic rings. The third-order valence-corrected chi connectivity index (χ3v) is 2.57. The van der Waals surface area contributed by atoms with E-state index in [4.69, 9.17) is 18.9 Å². The summed E-state index contributed by atoms with van der Waals surface area (Å²) in [6.45, 7) is 3.95. The number of hydrogen-bond donors (Lipinski definition) is 1. The highest BCUT2D eigenvalue weighted by molar-refractivity contribution is 5.08. The molecule has 19 heavy (non-hydrogen) atoms. The Hall–Kier alpha value is -1.67. The van der Waals surface area contributed by atoms with Gasteiger partial charge in [0.25, 0.3) is 0 Å². The molecule has 0 bridgehead atoms. The molecule has 1 saturated heterocycles. The van der Waals surface area contributed by atoms with Crippen LogP contribution in [0.2, 0.25) is 0 Å². The van der Waals surface area contributed by atoms with E-state index < -0.39 is 0 Å². The van der Waals surface area contributed by atoms with Gasteiger partial charge >= 0.3 is 18.0 Å². The minimum absolute atomic E-state index is 0.0301. The Balaban J connectivity index is 1.94. The van der Waals surface area contributed by atoms with Crippen LogP contribution in [0.5, 0.6) is 18.0 Å². The standard InChI is InChI=1S/C11H18N4O4/c1-7-4-12-5-8(19-7)6-18-11-14-9(16-2)13-10(15-11)17-3/h7-8,12H,4-6H2,1-3H3. The fourth-order valence-electron chi connectivity index (χ4n) is 1.71. The first kappa shape index (κ1) is 13.8. The van der Waals surface area contributed by atoms with Gasteiger partial charge in [0, 0.05) is 13.1 Å². The topological polar surface area (TPSA) is 87.6 Å². The van der Waals surface area contributed by atoms with Crippen LogP contribution in [0.1, 0.15) is 6.92 Å². The molecule has 1 fully saturated rings. The van der Waals surface area contributed by atoms with Crippen molar-refractivity contribution in [1.29, 1.82) is 0 Å². The minimum Gasteiger partial charge on any atom is -0.467 e. The van der Waals surface area contributed by atoms with Crippen molar-refractivity contribution in [3.8, 4) is 18.0 Å². The summed E-state index contributed by atoms with van der Waals surface area (Å²) in [6, 6.07) is 0.460. The molecule has 0 aromatic carbocycles. The maximum atomic E-state index is 5.70. The number of hydrogen-bond acceptors (Lipinski definition) is 8. The molecule has 1 N–H and O–H groups in total. The molecule has 8 heteroatoms. The van der Waals surface area contributed by atoms with Crippen molar-refractivity contribution < 1.29 is 18.9 Å². The number of rotatable bonds is 5. The predicted molar refractivity (Wildman–Crippen MR) is 65.6 cm³/mol. The summed E-state index contributed by atoms with van der Waals surface area (Å²) in [4.78, 5) is 11.8. The largest absolute Gasteiger partial charge is 0.467 e. The van der Waals surface area contributed by atoms with Crippen molar-refractivity contribution in [3.05, 3.63) is 0 Å². The normalized spacial score (nSPS) is 22.9. The van der Waals surface area contributed by atoms with Crippen LogP contribution in [-0.2, 0) is 4.74 Å². The number of nitrogens with zero attached hydrogens (tertiary/aromatic N) is 3. The smallest absolute Gasteiger partial charge is 0.325 e. The SMILES string of the molecule is COc1nc(OC)nc(OCC2CNCC(C)O2)n1. The Morgan fingerprint density at radius 2 is 1.74 bits per heavy atom. The first-order valence-electron chi connectivity index (χ1n) is 6.04. The second-order valence-corrected chi connectivity index (χ2v) is 4.13. The molecule has 8 nitrogen and oxygen atoms in total. The van der Waals surface area contributed by atoms with Crippen LogP contribution in [0.25, 0.3) is 0 Å². The third kappa shape index (κ3) is 3.90. The van der Waals surface area contributed by atoms with Gasteiger partial charge in [0.1, 0.15) is 12.7 Å². The molecule has 1 aromatic rings. The number of aromatic nitrogens is 3. The van der Waals surface area contributed by atoms with E-state index in [-0.39, 0.29) is 30.2 Å². The highest BCUT2D eigenvalue weighted by atomic mass is 16.6. The molecular formula is C11H18N4O4. The Morgan fingerprint density at radius 1 is 1.11 bits per heavy atom. The van der Waals surface area contributed by atoms with Gasteiger partial charge in [-0.15, -0.1) is 15.0 Å². The van der Waals surface area contributed by atoms with Gasteiger partial charge in [-0.05, 0) is 6.92 Å². The summed E-state index contributed by atoms with van der Waals surface area (Å²) < 4.78 is 21.1. The fourth-order valence-corrected chi connectivity index (χ4v) is 1.71. The van der Waals surface area contributed by atoms with E-state index in [0.29, 0.717) is 6.61 Å². The van der Waals surface area contributed by atoms with Crippen LogP contribution in [0, 0.1) is 0 Å². The molecule has 0 spiro atoms. The zero-order valence-corrected chi connectivity index (χ0v) is 11.3. The summed E-state index contributed by atoms with van der Waals surface area (Å²) in [5.74, 6) is 0. The van der Waals surface area contributed by atoms with Crippen LogP contribution >= 0.6 is 0 Å². The molecule has 2 heterocycles. The van der Waals surface area contributed by atoms with Crippen molar-refractivity contribution in [2.45, 2.75) is 19.1 Å². The van der Waals surface area contributed by atoms with Crippen LogP contribution in [0.15, 0.2) is 0 Å². The van der Waals surface area contributed by atoms with E-state index in [0.717, 1.165) is 13.1 Å². The lowest BCUT2D eigenvalue weighted by Gasteiger charge is -2.28. The molecule has 2 rings (SSSR count). The van der Waals surface area contributed by atoms with Crippen molar-refractivity contribution in [3.63, 3.8) is 0 Å². The Bertz CT molecular complexity index is 395. The van der Waals surface area contributed by atoms with Gasteiger partial charge in [-0.2, -0.15) is 0 Å². The lowest BCUT2D eigenvalue weighted by molar-refractivity contribution is -0.0485. The zero-order valence-electron chi connectivity index (χ0n) is 11.3. The van der Waals surface area contributed by atoms with Crippen molar-refractivity contribution in [1.82, 2.24) is 20.3 Å². The van der Waals surface area contributed by atoms with Gasteiger partial charge in [-0.3, -0.25) is 0 Å². The maximum Gasteiger partial charge on any atom is 0.325 e. The van der Waals surface area contributed by atoms with Crippen molar-refractivity contribution in [2.75, 3.05) is 33.9 Å². The molecule has 106 valence electrons. The number of ether oxygens (including phenoxy) is 4.